The van der Waals surface area contributed by atoms with E-state index in [-0.39, 0.29) is 5.78 Å². The molecule has 0 amide bonds. The van der Waals surface area contributed by atoms with Gasteiger partial charge in [0.2, 0.25) is 0 Å². The summed E-state index contributed by atoms with van der Waals surface area (Å²) in [5, 5.41) is 39.9. The van der Waals surface area contributed by atoms with Gasteiger partial charge in [-0.3, -0.25) is 4.79 Å². The molecule has 27 heavy (non-hydrogen) atoms. The number of Topliss-reactive ketones (excluding diaryl/α,β-unsaturated/α-hetero) is 1. The maximum Gasteiger partial charge on any atom is 0.138 e. The summed E-state index contributed by atoms with van der Waals surface area (Å²) in [6.07, 6.45) is 3.06. The Labute approximate surface area is 162 Å². The second-order valence-corrected chi connectivity index (χ2v) is 8.46. The molecule has 1 saturated carbocycles. The molecule has 0 radical (unpaired) electrons. The maximum absolute atomic E-state index is 12.9. The number of aliphatic hydroxyl groups is 4. The van der Waals surface area contributed by atoms with E-state index in [0.717, 1.165) is 38.5 Å². The first kappa shape index (κ1) is 22.8. The van der Waals surface area contributed by atoms with Crippen molar-refractivity contribution in [3.8, 4) is 0 Å². The second-order valence-electron chi connectivity index (χ2n) is 8.46. The zero-order valence-corrected chi connectivity index (χ0v) is 16.8. The van der Waals surface area contributed by atoms with Gasteiger partial charge in [-0.1, -0.05) is 52.4 Å². The highest BCUT2D eigenvalue weighted by molar-refractivity contribution is 5.82. The third-order valence-electron chi connectivity index (χ3n) is 6.53. The zero-order valence-electron chi connectivity index (χ0n) is 16.8. The molecule has 1 heterocycles. The molecule has 5 unspecified atom stereocenters. The summed E-state index contributed by atoms with van der Waals surface area (Å²) in [6, 6.07) is 0. The van der Waals surface area contributed by atoms with Crippen molar-refractivity contribution < 1.29 is 30.0 Å². The fraction of sp³-hybridized carbons (Fsp3) is 0.952. The van der Waals surface area contributed by atoms with Crippen LogP contribution < -0.4 is 0 Å². The minimum absolute atomic E-state index is 0.0774. The van der Waals surface area contributed by atoms with Crippen molar-refractivity contribution in [2.45, 2.75) is 102 Å². The molecule has 8 atom stereocenters. The van der Waals surface area contributed by atoms with E-state index in [1.807, 2.05) is 0 Å². The first-order valence-electron chi connectivity index (χ1n) is 10.8. The SMILES string of the molecule is CCCCC[C@H]1CC(=O)[C@@H](C2OC(CO)C(O)C(O)C2O)C[C@H]1CCCC. The predicted octanol–water partition coefficient (Wildman–Crippen LogP) is 1.81. The van der Waals surface area contributed by atoms with Gasteiger partial charge in [0.05, 0.1) is 12.7 Å². The molecule has 2 rings (SSSR count). The molecule has 2 aliphatic rings. The van der Waals surface area contributed by atoms with Gasteiger partial charge in [-0.2, -0.15) is 0 Å². The number of hydrogen-bond donors (Lipinski definition) is 4. The number of unbranched alkanes of at least 4 members (excludes halogenated alkanes) is 3. The highest BCUT2D eigenvalue weighted by atomic mass is 16.5. The zero-order chi connectivity index (χ0) is 20.0. The maximum atomic E-state index is 12.9. The number of aliphatic hydroxyl groups excluding tert-OH is 4. The van der Waals surface area contributed by atoms with Crippen molar-refractivity contribution >= 4 is 5.78 Å². The van der Waals surface area contributed by atoms with Crippen LogP contribution in [0.2, 0.25) is 0 Å². The lowest BCUT2D eigenvalue weighted by Crippen LogP contribution is -2.61. The summed E-state index contributed by atoms with van der Waals surface area (Å²) >= 11 is 0. The summed E-state index contributed by atoms with van der Waals surface area (Å²) in [5.41, 5.74) is 0. The number of carbonyl (C=O) groups excluding carboxylic acids is 1. The Morgan fingerprint density at radius 1 is 0.926 bits per heavy atom. The minimum Gasteiger partial charge on any atom is -0.394 e. The summed E-state index contributed by atoms with van der Waals surface area (Å²) in [6.45, 7) is 3.88. The van der Waals surface area contributed by atoms with Crippen molar-refractivity contribution in [1.29, 1.82) is 0 Å². The Kier molecular flexibility index (Phi) is 9.16. The Bertz CT molecular complexity index is 454. The van der Waals surface area contributed by atoms with Gasteiger partial charge in [0.25, 0.3) is 0 Å². The van der Waals surface area contributed by atoms with Gasteiger partial charge in [-0.15, -0.1) is 0 Å². The molecule has 1 saturated heterocycles. The molecule has 0 aromatic heterocycles. The molecule has 1 aliphatic heterocycles. The lowest BCUT2D eigenvalue weighted by atomic mass is 9.67. The topological polar surface area (TPSA) is 107 Å². The van der Waals surface area contributed by atoms with Crippen LogP contribution in [-0.2, 0) is 9.53 Å². The van der Waals surface area contributed by atoms with Crippen LogP contribution in [0.25, 0.3) is 0 Å². The predicted molar refractivity (Wildman–Crippen MR) is 102 cm³/mol. The van der Waals surface area contributed by atoms with Gasteiger partial charge in [-0.05, 0) is 24.7 Å². The van der Waals surface area contributed by atoms with Crippen molar-refractivity contribution in [2.75, 3.05) is 6.61 Å². The third kappa shape index (κ3) is 5.51. The summed E-state index contributed by atoms with van der Waals surface area (Å²) in [4.78, 5) is 12.9. The van der Waals surface area contributed by atoms with E-state index in [0.29, 0.717) is 24.7 Å². The molecule has 158 valence electrons. The lowest BCUT2D eigenvalue weighted by molar-refractivity contribution is -0.242. The van der Waals surface area contributed by atoms with E-state index in [1.165, 1.54) is 6.42 Å². The minimum atomic E-state index is -1.41. The average molecular weight is 387 g/mol. The van der Waals surface area contributed by atoms with Gasteiger partial charge >= 0.3 is 0 Å². The number of ether oxygens (including phenoxy) is 1. The van der Waals surface area contributed by atoms with E-state index in [2.05, 4.69) is 13.8 Å². The highest BCUT2D eigenvalue weighted by Gasteiger charge is 2.50. The van der Waals surface area contributed by atoms with E-state index in [4.69, 9.17) is 4.74 Å². The van der Waals surface area contributed by atoms with Gasteiger partial charge in [-0.25, -0.2) is 0 Å². The monoisotopic (exact) mass is 386 g/mol. The number of ketones is 1. The molecule has 2 fully saturated rings. The molecule has 6 nitrogen and oxygen atoms in total. The van der Waals surface area contributed by atoms with Gasteiger partial charge in [0, 0.05) is 12.3 Å². The van der Waals surface area contributed by atoms with Crippen LogP contribution in [0, 0.1) is 17.8 Å². The quantitative estimate of drug-likeness (QED) is 0.450. The van der Waals surface area contributed by atoms with Gasteiger partial charge in [0.1, 0.15) is 30.2 Å². The number of hydrogen-bond acceptors (Lipinski definition) is 6. The third-order valence-corrected chi connectivity index (χ3v) is 6.53. The first-order valence-corrected chi connectivity index (χ1v) is 10.8. The summed E-state index contributed by atoms with van der Waals surface area (Å²) in [7, 11) is 0. The van der Waals surface area contributed by atoms with Crippen molar-refractivity contribution in [3.63, 3.8) is 0 Å². The average Bonchev–Trinajstić information content (AvgIpc) is 2.66. The number of rotatable bonds is 9. The molecule has 0 aromatic carbocycles. The van der Waals surface area contributed by atoms with E-state index >= 15 is 0 Å². The molecule has 1 aliphatic carbocycles. The fourth-order valence-corrected chi connectivity index (χ4v) is 4.82. The Hall–Kier alpha value is -0.530. The number of carbonyl (C=O) groups is 1. The summed E-state index contributed by atoms with van der Waals surface area (Å²) < 4.78 is 5.70. The molecule has 6 heteroatoms. The second kappa shape index (κ2) is 10.9. The Morgan fingerprint density at radius 3 is 2.22 bits per heavy atom. The first-order chi connectivity index (χ1) is 12.9. The van der Waals surface area contributed by atoms with Crippen molar-refractivity contribution in [1.82, 2.24) is 0 Å². The Balaban J connectivity index is 2.10. The lowest BCUT2D eigenvalue weighted by Gasteiger charge is -2.46. The molecule has 0 spiro atoms. The normalized spacial score (nSPS) is 40.3. The largest absolute Gasteiger partial charge is 0.394 e. The molecule has 0 bridgehead atoms. The van der Waals surface area contributed by atoms with E-state index in [1.54, 1.807) is 0 Å². The fourth-order valence-electron chi connectivity index (χ4n) is 4.82. The summed E-state index contributed by atoms with van der Waals surface area (Å²) in [5.74, 6) is 0.391. The van der Waals surface area contributed by atoms with Crippen LogP contribution in [0.5, 0.6) is 0 Å². The van der Waals surface area contributed by atoms with Crippen molar-refractivity contribution in [2.24, 2.45) is 17.8 Å². The molecule has 4 N–H and O–H groups in total. The van der Waals surface area contributed by atoms with Crippen LogP contribution in [0.1, 0.15) is 71.6 Å². The smallest absolute Gasteiger partial charge is 0.138 e. The standard InChI is InChI=1S/C21H38O6/c1-3-5-7-9-14-11-16(23)15(10-13(14)8-6-4-2)21-20(26)19(25)18(24)17(12-22)27-21/h13-15,17-22,24-26H,3-12H2,1-2H3/t13-,14+,15+,17?,18?,19?,20?,21?/m1/s1. The van der Waals surface area contributed by atoms with Crippen LogP contribution in [0.3, 0.4) is 0 Å². The van der Waals surface area contributed by atoms with Gasteiger partial charge in [0.15, 0.2) is 0 Å². The molecular formula is C21H38O6. The van der Waals surface area contributed by atoms with Gasteiger partial charge < -0.3 is 25.2 Å². The highest BCUT2D eigenvalue weighted by Crippen LogP contribution is 2.41. The van der Waals surface area contributed by atoms with Crippen LogP contribution in [0.4, 0.5) is 0 Å². The molecule has 0 aromatic rings. The van der Waals surface area contributed by atoms with E-state index in [9.17, 15) is 25.2 Å². The molecular weight excluding hydrogens is 348 g/mol. The van der Waals surface area contributed by atoms with E-state index < -0.39 is 43.0 Å². The Morgan fingerprint density at radius 2 is 1.59 bits per heavy atom. The van der Waals surface area contributed by atoms with Crippen molar-refractivity contribution in [3.05, 3.63) is 0 Å². The van der Waals surface area contributed by atoms with Crippen LogP contribution >= 0.6 is 0 Å². The van der Waals surface area contributed by atoms with Crippen LogP contribution in [0.15, 0.2) is 0 Å². The van der Waals surface area contributed by atoms with Crippen LogP contribution in [-0.4, -0.2) is 63.3 Å².